The molecule has 2 aliphatic heterocycles. The van der Waals surface area contributed by atoms with Gasteiger partial charge < -0.3 is 9.80 Å². The second-order valence-electron chi connectivity index (χ2n) is 12.1. The minimum atomic E-state index is 0.125. The number of hydrogen-bond acceptors (Lipinski definition) is 4. The summed E-state index contributed by atoms with van der Waals surface area (Å²) >= 11 is 1.77. The largest absolute Gasteiger partial charge is 0.336 e. The molecule has 2 saturated carbocycles. The number of nitrogens with zero attached hydrogens (tertiary/aromatic N) is 3. The van der Waals surface area contributed by atoms with Crippen molar-refractivity contribution < 1.29 is 9.59 Å². The first kappa shape index (κ1) is 27.6. The zero-order valence-electron chi connectivity index (χ0n) is 23.9. The van der Waals surface area contributed by atoms with Crippen LogP contribution in [-0.4, -0.2) is 70.0 Å². The molecule has 0 spiro atoms. The zero-order valence-corrected chi connectivity index (χ0v) is 24.7. The van der Waals surface area contributed by atoms with Crippen LogP contribution in [0.2, 0.25) is 0 Å². The van der Waals surface area contributed by atoms with Crippen LogP contribution >= 0.6 is 11.8 Å². The Morgan fingerprint density at radius 3 is 2.33 bits per heavy atom. The standard InChI is InChI=1S/C34H43N3O2S/c1-25-9-5-6-10-28(25)24-37-30-13-7-8-14-31(30)40-32(34(37)39)23-26-15-17-27(18-16-26)33(38)36-21-19-35(20-22-36)29-11-3-2-4-12-29/h5-6,9-10,15-18,23,29-31H,2-4,7-8,11-14,19-22,24H2,1H3/b32-23+. The van der Waals surface area contributed by atoms with Crippen LogP contribution in [0.5, 0.6) is 0 Å². The lowest BCUT2D eigenvalue weighted by atomic mass is 9.92. The summed E-state index contributed by atoms with van der Waals surface area (Å²) in [5.74, 6) is 0.271. The van der Waals surface area contributed by atoms with Crippen molar-refractivity contribution in [2.75, 3.05) is 26.2 Å². The summed E-state index contributed by atoms with van der Waals surface area (Å²) in [4.78, 5) is 34.6. The summed E-state index contributed by atoms with van der Waals surface area (Å²) < 4.78 is 0. The molecule has 0 N–H and O–H groups in total. The summed E-state index contributed by atoms with van der Waals surface area (Å²) in [7, 11) is 0. The molecule has 2 aromatic rings. The van der Waals surface area contributed by atoms with Gasteiger partial charge in [-0.05, 0) is 67.5 Å². The molecule has 4 fully saturated rings. The maximum absolute atomic E-state index is 13.8. The van der Waals surface area contributed by atoms with Crippen molar-refractivity contribution in [1.29, 1.82) is 0 Å². The molecule has 0 aromatic heterocycles. The molecule has 0 radical (unpaired) electrons. The number of hydrogen-bond donors (Lipinski definition) is 0. The molecule has 6 rings (SSSR count). The number of thioether (sulfide) groups is 1. The first-order valence-corrected chi connectivity index (χ1v) is 16.3. The van der Waals surface area contributed by atoms with Gasteiger partial charge in [-0.25, -0.2) is 0 Å². The van der Waals surface area contributed by atoms with Crippen molar-refractivity contribution >= 4 is 29.7 Å². The third-order valence-corrected chi connectivity index (χ3v) is 11.0. The van der Waals surface area contributed by atoms with E-state index in [2.05, 4.69) is 41.0 Å². The number of carbonyl (C=O) groups is 2. The number of amides is 2. The summed E-state index contributed by atoms with van der Waals surface area (Å²) in [6.07, 6.45) is 13.4. The third kappa shape index (κ3) is 6.03. The van der Waals surface area contributed by atoms with Gasteiger partial charge in [0.2, 0.25) is 0 Å². The van der Waals surface area contributed by atoms with Gasteiger partial charge in [-0.3, -0.25) is 14.5 Å². The van der Waals surface area contributed by atoms with Gasteiger partial charge in [0, 0.05) is 55.6 Å². The van der Waals surface area contributed by atoms with E-state index in [1.54, 1.807) is 11.8 Å². The average molecular weight is 558 g/mol. The van der Waals surface area contributed by atoms with E-state index in [-0.39, 0.29) is 11.8 Å². The van der Waals surface area contributed by atoms with E-state index >= 15 is 0 Å². The van der Waals surface area contributed by atoms with Gasteiger partial charge in [0.05, 0.1) is 4.91 Å². The van der Waals surface area contributed by atoms with Crippen molar-refractivity contribution in [2.24, 2.45) is 0 Å². The van der Waals surface area contributed by atoms with E-state index in [0.29, 0.717) is 17.8 Å². The number of rotatable bonds is 5. The van der Waals surface area contributed by atoms with Crippen LogP contribution in [0.4, 0.5) is 0 Å². The lowest BCUT2D eigenvalue weighted by molar-refractivity contribution is -0.130. The molecular weight excluding hydrogens is 514 g/mol. The molecule has 2 saturated heterocycles. The fourth-order valence-corrected chi connectivity index (χ4v) is 8.60. The van der Waals surface area contributed by atoms with Gasteiger partial charge in [0.25, 0.3) is 11.8 Å². The maximum Gasteiger partial charge on any atom is 0.260 e. The molecule has 2 aromatic carbocycles. The van der Waals surface area contributed by atoms with E-state index in [0.717, 1.165) is 61.1 Å². The summed E-state index contributed by atoms with van der Waals surface area (Å²) in [5, 5.41) is 0.454. The zero-order chi connectivity index (χ0) is 27.5. The molecule has 4 aliphatic rings. The summed E-state index contributed by atoms with van der Waals surface area (Å²) in [5.41, 5.74) is 4.19. The second-order valence-corrected chi connectivity index (χ2v) is 13.4. The smallest absolute Gasteiger partial charge is 0.260 e. The van der Waals surface area contributed by atoms with Crippen molar-refractivity contribution in [1.82, 2.24) is 14.7 Å². The first-order chi connectivity index (χ1) is 19.6. The minimum absolute atomic E-state index is 0.125. The number of benzene rings is 2. The van der Waals surface area contributed by atoms with Crippen LogP contribution in [0.25, 0.3) is 6.08 Å². The quantitative estimate of drug-likeness (QED) is 0.393. The molecule has 2 heterocycles. The van der Waals surface area contributed by atoms with Crippen LogP contribution < -0.4 is 0 Å². The fourth-order valence-electron chi connectivity index (χ4n) is 7.12. The van der Waals surface area contributed by atoms with Crippen LogP contribution in [0, 0.1) is 6.92 Å². The molecule has 2 unspecified atom stereocenters. The van der Waals surface area contributed by atoms with Crippen LogP contribution in [0.3, 0.4) is 0 Å². The fraction of sp³-hybridized carbons (Fsp3) is 0.529. The Balaban J connectivity index is 1.13. The van der Waals surface area contributed by atoms with Crippen LogP contribution in [-0.2, 0) is 11.3 Å². The highest BCUT2D eigenvalue weighted by Gasteiger charge is 2.40. The predicted octanol–water partition coefficient (Wildman–Crippen LogP) is 6.51. The molecule has 2 atom stereocenters. The third-order valence-electron chi connectivity index (χ3n) is 9.57. The lowest BCUT2D eigenvalue weighted by Gasteiger charge is -2.44. The highest BCUT2D eigenvalue weighted by Crippen LogP contribution is 2.43. The van der Waals surface area contributed by atoms with E-state index in [9.17, 15) is 9.59 Å². The van der Waals surface area contributed by atoms with Crippen LogP contribution in [0.15, 0.2) is 53.4 Å². The molecular formula is C34H43N3O2S. The number of aryl methyl sites for hydroxylation is 1. The SMILES string of the molecule is Cc1ccccc1CN1C(=O)/C(=C\c2ccc(C(=O)N3CCN(C4CCCCC4)CC3)cc2)SC2CCCCC21. The van der Waals surface area contributed by atoms with Crippen molar-refractivity contribution in [2.45, 2.75) is 88.6 Å². The van der Waals surface area contributed by atoms with Crippen LogP contribution in [0.1, 0.15) is 84.8 Å². The van der Waals surface area contributed by atoms with Gasteiger partial charge in [-0.1, -0.05) is 68.5 Å². The topological polar surface area (TPSA) is 43.9 Å². The molecule has 5 nitrogen and oxygen atoms in total. The van der Waals surface area contributed by atoms with E-state index < -0.39 is 0 Å². The molecule has 0 bridgehead atoms. The van der Waals surface area contributed by atoms with Crippen molar-refractivity contribution in [3.63, 3.8) is 0 Å². The Bertz CT molecular complexity index is 1230. The van der Waals surface area contributed by atoms with Crippen molar-refractivity contribution in [3.05, 3.63) is 75.7 Å². The Labute approximate surface area is 244 Å². The molecule has 40 heavy (non-hydrogen) atoms. The Morgan fingerprint density at radius 2 is 1.57 bits per heavy atom. The van der Waals surface area contributed by atoms with Gasteiger partial charge in [0.15, 0.2) is 0 Å². The summed E-state index contributed by atoms with van der Waals surface area (Å²) in [6, 6.07) is 17.3. The maximum atomic E-state index is 13.8. The second kappa shape index (κ2) is 12.5. The average Bonchev–Trinajstić information content (AvgIpc) is 3.01. The highest BCUT2D eigenvalue weighted by atomic mass is 32.2. The minimum Gasteiger partial charge on any atom is -0.336 e. The molecule has 2 amide bonds. The highest BCUT2D eigenvalue weighted by molar-refractivity contribution is 8.04. The number of fused-ring (bicyclic) bond motifs is 1. The van der Waals surface area contributed by atoms with Crippen molar-refractivity contribution in [3.8, 4) is 0 Å². The molecule has 2 aliphatic carbocycles. The van der Waals surface area contributed by atoms with Gasteiger partial charge in [0.1, 0.15) is 0 Å². The Hall–Kier alpha value is -2.57. The monoisotopic (exact) mass is 557 g/mol. The summed E-state index contributed by atoms with van der Waals surface area (Å²) in [6.45, 7) is 6.40. The normalized spacial score (nSPS) is 25.7. The van der Waals surface area contributed by atoms with E-state index in [1.807, 2.05) is 35.2 Å². The van der Waals surface area contributed by atoms with Gasteiger partial charge in [-0.15, -0.1) is 11.8 Å². The molecule has 212 valence electrons. The number of piperazine rings is 1. The molecule has 6 heteroatoms. The van der Waals surface area contributed by atoms with E-state index in [1.165, 1.54) is 56.1 Å². The number of carbonyl (C=O) groups excluding carboxylic acids is 2. The Kier molecular flexibility index (Phi) is 8.64. The Morgan fingerprint density at radius 1 is 0.875 bits per heavy atom. The predicted molar refractivity (Wildman–Crippen MR) is 164 cm³/mol. The van der Waals surface area contributed by atoms with E-state index in [4.69, 9.17) is 0 Å². The lowest BCUT2D eigenvalue weighted by Crippen LogP contribution is -2.52. The van der Waals surface area contributed by atoms with Gasteiger partial charge >= 0.3 is 0 Å². The van der Waals surface area contributed by atoms with Gasteiger partial charge in [-0.2, -0.15) is 0 Å². The first-order valence-electron chi connectivity index (χ1n) is 15.4.